The zero-order chi connectivity index (χ0) is 16.2. The SMILES string of the molecule is CCC(CCO)NS(=O)(=O)c1cc(C(=O)O)cc(F)c1C. The maximum absolute atomic E-state index is 13.7. The summed E-state index contributed by atoms with van der Waals surface area (Å²) in [4.78, 5) is 10.5. The number of halogens is 1. The molecule has 0 radical (unpaired) electrons. The van der Waals surface area contributed by atoms with Gasteiger partial charge in [-0.25, -0.2) is 22.3 Å². The molecule has 0 aliphatic heterocycles. The van der Waals surface area contributed by atoms with Crippen LogP contribution in [-0.2, 0) is 10.0 Å². The van der Waals surface area contributed by atoms with Crippen molar-refractivity contribution in [1.82, 2.24) is 4.72 Å². The Kier molecular flexibility index (Phi) is 5.82. The Morgan fingerprint density at radius 2 is 2.05 bits per heavy atom. The smallest absolute Gasteiger partial charge is 0.335 e. The molecule has 6 nitrogen and oxygen atoms in total. The maximum atomic E-state index is 13.7. The molecule has 0 heterocycles. The van der Waals surface area contributed by atoms with E-state index in [-0.39, 0.29) is 18.6 Å². The predicted octanol–water partition coefficient (Wildman–Crippen LogP) is 1.27. The third kappa shape index (κ3) is 4.23. The number of aromatic carboxylic acids is 1. The molecule has 0 saturated heterocycles. The summed E-state index contributed by atoms with van der Waals surface area (Å²) in [6.45, 7) is 2.82. The molecule has 0 aliphatic carbocycles. The minimum Gasteiger partial charge on any atom is -0.478 e. The predicted molar refractivity (Wildman–Crippen MR) is 74.2 cm³/mol. The molecule has 0 amide bonds. The van der Waals surface area contributed by atoms with E-state index < -0.39 is 38.3 Å². The van der Waals surface area contributed by atoms with Gasteiger partial charge in [0.2, 0.25) is 10.0 Å². The summed E-state index contributed by atoms with van der Waals surface area (Å²) in [6, 6.07) is 1.20. The van der Waals surface area contributed by atoms with Gasteiger partial charge in [0.15, 0.2) is 0 Å². The van der Waals surface area contributed by atoms with Crippen LogP contribution in [0.5, 0.6) is 0 Å². The summed E-state index contributed by atoms with van der Waals surface area (Å²) in [7, 11) is -4.07. The molecular weight excluding hydrogens is 301 g/mol. The first-order chi connectivity index (χ1) is 9.72. The number of hydrogen-bond donors (Lipinski definition) is 3. The number of sulfonamides is 1. The van der Waals surface area contributed by atoms with E-state index in [0.29, 0.717) is 6.42 Å². The van der Waals surface area contributed by atoms with E-state index in [1.807, 2.05) is 0 Å². The molecule has 8 heteroatoms. The van der Waals surface area contributed by atoms with Crippen LogP contribution < -0.4 is 4.72 Å². The van der Waals surface area contributed by atoms with E-state index in [2.05, 4.69) is 4.72 Å². The third-order valence-electron chi connectivity index (χ3n) is 3.13. The van der Waals surface area contributed by atoms with Crippen LogP contribution >= 0.6 is 0 Å². The fraction of sp³-hybridized carbons (Fsp3) is 0.462. The van der Waals surface area contributed by atoms with Gasteiger partial charge in [-0.1, -0.05) is 6.92 Å². The molecule has 1 aromatic carbocycles. The highest BCUT2D eigenvalue weighted by atomic mass is 32.2. The molecule has 0 bridgehead atoms. The summed E-state index contributed by atoms with van der Waals surface area (Å²) in [5.74, 6) is -2.31. The Labute approximate surface area is 122 Å². The minimum atomic E-state index is -4.07. The van der Waals surface area contributed by atoms with Crippen LogP contribution in [-0.4, -0.2) is 37.2 Å². The highest BCUT2D eigenvalue weighted by Gasteiger charge is 2.24. The van der Waals surface area contributed by atoms with Gasteiger partial charge in [0.1, 0.15) is 5.82 Å². The molecular formula is C13H18FNO5S. The summed E-state index contributed by atoms with van der Waals surface area (Å²) in [5.41, 5.74) is -0.583. The first-order valence-electron chi connectivity index (χ1n) is 6.39. The summed E-state index contributed by atoms with van der Waals surface area (Å²) in [6.07, 6.45) is 0.663. The molecule has 0 aliphatic rings. The molecule has 21 heavy (non-hydrogen) atoms. The zero-order valence-corrected chi connectivity index (χ0v) is 12.6. The normalized spacial score (nSPS) is 13.1. The van der Waals surface area contributed by atoms with E-state index in [0.717, 1.165) is 12.1 Å². The second-order valence-corrected chi connectivity index (χ2v) is 6.31. The number of benzene rings is 1. The van der Waals surface area contributed by atoms with Gasteiger partial charge in [-0.05, 0) is 31.9 Å². The average Bonchev–Trinajstić information content (AvgIpc) is 2.40. The van der Waals surface area contributed by atoms with Crippen LogP contribution in [0.25, 0.3) is 0 Å². The highest BCUT2D eigenvalue weighted by Crippen LogP contribution is 2.21. The van der Waals surface area contributed by atoms with Crippen molar-refractivity contribution in [3.8, 4) is 0 Å². The average molecular weight is 319 g/mol. The van der Waals surface area contributed by atoms with Crippen molar-refractivity contribution in [3.05, 3.63) is 29.1 Å². The molecule has 118 valence electrons. The quantitative estimate of drug-likeness (QED) is 0.702. The van der Waals surface area contributed by atoms with Crippen LogP contribution in [0.3, 0.4) is 0 Å². The minimum absolute atomic E-state index is 0.147. The fourth-order valence-electron chi connectivity index (χ4n) is 1.84. The first kappa shape index (κ1) is 17.5. The van der Waals surface area contributed by atoms with E-state index >= 15 is 0 Å². The highest BCUT2D eigenvalue weighted by molar-refractivity contribution is 7.89. The monoisotopic (exact) mass is 319 g/mol. The Balaban J connectivity index is 3.27. The van der Waals surface area contributed by atoms with Crippen LogP contribution in [0.4, 0.5) is 4.39 Å². The van der Waals surface area contributed by atoms with Gasteiger partial charge in [-0.15, -0.1) is 0 Å². The molecule has 1 unspecified atom stereocenters. The van der Waals surface area contributed by atoms with Crippen molar-refractivity contribution in [2.75, 3.05) is 6.61 Å². The molecule has 1 rings (SSSR count). The number of carboxylic acid groups (broad SMARTS) is 1. The van der Waals surface area contributed by atoms with Crippen molar-refractivity contribution < 1.29 is 27.8 Å². The molecule has 0 fully saturated rings. The van der Waals surface area contributed by atoms with Gasteiger partial charge >= 0.3 is 5.97 Å². The summed E-state index contributed by atoms with van der Waals surface area (Å²) < 4.78 is 40.6. The number of carbonyl (C=O) groups is 1. The van der Waals surface area contributed by atoms with Gasteiger partial charge in [-0.2, -0.15) is 0 Å². The Bertz CT molecular complexity index is 630. The fourth-order valence-corrected chi connectivity index (χ4v) is 3.47. The molecule has 0 spiro atoms. The van der Waals surface area contributed by atoms with Crippen LogP contribution in [0.2, 0.25) is 0 Å². The number of aliphatic hydroxyl groups is 1. The molecule has 1 atom stereocenters. The van der Waals surface area contributed by atoms with Crippen LogP contribution in [0, 0.1) is 12.7 Å². The Hall–Kier alpha value is -1.51. The Morgan fingerprint density at radius 1 is 1.43 bits per heavy atom. The van der Waals surface area contributed by atoms with Crippen molar-refractivity contribution in [3.63, 3.8) is 0 Å². The van der Waals surface area contributed by atoms with E-state index in [1.54, 1.807) is 6.92 Å². The standard InChI is InChI=1S/C13H18FNO5S/c1-3-10(4-5-16)15-21(19,20)12-7-9(13(17)18)6-11(14)8(12)2/h6-7,10,15-16H,3-5H2,1-2H3,(H,17,18). The van der Waals surface area contributed by atoms with Crippen molar-refractivity contribution in [2.45, 2.75) is 37.6 Å². The number of nitrogens with one attached hydrogen (secondary N) is 1. The van der Waals surface area contributed by atoms with Gasteiger partial charge in [0.25, 0.3) is 0 Å². The maximum Gasteiger partial charge on any atom is 0.335 e. The second-order valence-electron chi connectivity index (χ2n) is 4.63. The first-order valence-corrected chi connectivity index (χ1v) is 7.87. The summed E-state index contributed by atoms with van der Waals surface area (Å²) in [5, 5.41) is 17.8. The lowest BCUT2D eigenvalue weighted by atomic mass is 10.1. The van der Waals surface area contributed by atoms with E-state index in [9.17, 15) is 17.6 Å². The van der Waals surface area contributed by atoms with E-state index in [4.69, 9.17) is 10.2 Å². The second kappa shape index (κ2) is 6.97. The molecule has 0 saturated carbocycles. The van der Waals surface area contributed by atoms with Gasteiger partial charge in [0.05, 0.1) is 10.5 Å². The molecule has 3 N–H and O–H groups in total. The summed E-state index contributed by atoms with van der Waals surface area (Å²) >= 11 is 0. The third-order valence-corrected chi connectivity index (χ3v) is 4.77. The number of aliphatic hydroxyl groups excluding tert-OH is 1. The zero-order valence-electron chi connectivity index (χ0n) is 11.8. The lowest BCUT2D eigenvalue weighted by Gasteiger charge is -2.17. The van der Waals surface area contributed by atoms with Crippen molar-refractivity contribution in [1.29, 1.82) is 0 Å². The topological polar surface area (TPSA) is 104 Å². The van der Waals surface area contributed by atoms with Crippen molar-refractivity contribution in [2.24, 2.45) is 0 Å². The Morgan fingerprint density at radius 3 is 2.52 bits per heavy atom. The van der Waals surface area contributed by atoms with Crippen LogP contribution in [0.1, 0.15) is 35.7 Å². The van der Waals surface area contributed by atoms with Gasteiger partial charge < -0.3 is 10.2 Å². The molecule has 0 aromatic heterocycles. The molecule has 1 aromatic rings. The van der Waals surface area contributed by atoms with Crippen molar-refractivity contribution >= 4 is 16.0 Å². The number of rotatable bonds is 7. The number of hydrogen-bond acceptors (Lipinski definition) is 4. The van der Waals surface area contributed by atoms with Gasteiger partial charge in [-0.3, -0.25) is 0 Å². The van der Waals surface area contributed by atoms with E-state index in [1.165, 1.54) is 6.92 Å². The largest absolute Gasteiger partial charge is 0.478 e. The van der Waals surface area contributed by atoms with Crippen LogP contribution in [0.15, 0.2) is 17.0 Å². The van der Waals surface area contributed by atoms with Gasteiger partial charge in [0, 0.05) is 18.2 Å². The lowest BCUT2D eigenvalue weighted by molar-refractivity contribution is 0.0696. The lowest BCUT2D eigenvalue weighted by Crippen LogP contribution is -2.35. The number of carboxylic acids is 1.